The molecule has 1 rings (SSSR count). The summed E-state index contributed by atoms with van der Waals surface area (Å²) in [5.74, 6) is 0.635. The normalized spacial score (nSPS) is 10.3. The van der Waals surface area contributed by atoms with Crippen LogP contribution in [0.3, 0.4) is 0 Å². The average Bonchev–Trinajstić information content (AvgIpc) is 2.42. The molecular formula is C16H23NO3. The van der Waals surface area contributed by atoms with Gasteiger partial charge >= 0.3 is 5.97 Å². The third-order valence-electron chi connectivity index (χ3n) is 2.71. The zero-order valence-corrected chi connectivity index (χ0v) is 12.3. The molecule has 1 aromatic rings. The standard InChI is InChI=1S/C16H23NO3/c1-4-11-17(13-16(18)20-6-3)12-14-9-7-8-10-15(14)19-5-2/h4,7-10H,1,5-6,11-13H2,2-3H3. The maximum atomic E-state index is 11.6. The van der Waals surface area contributed by atoms with Crippen LogP contribution < -0.4 is 4.74 Å². The molecule has 0 aliphatic rings. The third kappa shape index (κ3) is 5.45. The van der Waals surface area contributed by atoms with Gasteiger partial charge < -0.3 is 9.47 Å². The predicted molar refractivity (Wildman–Crippen MR) is 79.7 cm³/mol. The van der Waals surface area contributed by atoms with Crippen LogP contribution in [-0.2, 0) is 16.1 Å². The van der Waals surface area contributed by atoms with Gasteiger partial charge in [-0.1, -0.05) is 24.3 Å². The van der Waals surface area contributed by atoms with Crippen molar-refractivity contribution < 1.29 is 14.3 Å². The second kappa shape index (κ2) is 9.15. The van der Waals surface area contributed by atoms with Crippen LogP contribution in [0.15, 0.2) is 36.9 Å². The second-order valence-electron chi connectivity index (χ2n) is 4.30. The van der Waals surface area contributed by atoms with E-state index in [-0.39, 0.29) is 12.5 Å². The van der Waals surface area contributed by atoms with E-state index >= 15 is 0 Å². The van der Waals surface area contributed by atoms with E-state index < -0.39 is 0 Å². The molecule has 0 aliphatic heterocycles. The maximum absolute atomic E-state index is 11.6. The number of ether oxygens (including phenoxy) is 2. The molecule has 4 heteroatoms. The first kappa shape index (κ1) is 16.2. The molecule has 1 aromatic carbocycles. The molecule has 0 unspecified atom stereocenters. The van der Waals surface area contributed by atoms with Crippen LogP contribution in [0.4, 0.5) is 0 Å². The fourth-order valence-electron chi connectivity index (χ4n) is 1.93. The second-order valence-corrected chi connectivity index (χ2v) is 4.30. The van der Waals surface area contributed by atoms with E-state index in [0.29, 0.717) is 26.3 Å². The first-order chi connectivity index (χ1) is 9.71. The lowest BCUT2D eigenvalue weighted by Crippen LogP contribution is -2.31. The number of hydrogen-bond donors (Lipinski definition) is 0. The van der Waals surface area contributed by atoms with Crippen LogP contribution in [0.2, 0.25) is 0 Å². The molecule has 0 amide bonds. The Hall–Kier alpha value is -1.81. The van der Waals surface area contributed by atoms with Crippen LogP contribution in [0.1, 0.15) is 19.4 Å². The summed E-state index contributed by atoms with van der Waals surface area (Å²) in [5.41, 5.74) is 1.06. The summed E-state index contributed by atoms with van der Waals surface area (Å²) in [7, 11) is 0. The fraction of sp³-hybridized carbons (Fsp3) is 0.438. The Balaban J connectivity index is 2.74. The number of esters is 1. The molecule has 0 spiro atoms. The van der Waals surface area contributed by atoms with Crippen molar-refractivity contribution in [2.24, 2.45) is 0 Å². The van der Waals surface area contributed by atoms with E-state index in [9.17, 15) is 4.79 Å². The maximum Gasteiger partial charge on any atom is 0.320 e. The van der Waals surface area contributed by atoms with Gasteiger partial charge in [-0.2, -0.15) is 0 Å². The Morgan fingerprint density at radius 2 is 2.05 bits per heavy atom. The molecule has 0 bridgehead atoms. The highest BCUT2D eigenvalue weighted by atomic mass is 16.5. The van der Waals surface area contributed by atoms with E-state index in [1.807, 2.05) is 36.1 Å². The number of nitrogens with zero attached hydrogens (tertiary/aromatic N) is 1. The molecule has 0 atom stereocenters. The van der Waals surface area contributed by atoms with Gasteiger partial charge in [0.05, 0.1) is 19.8 Å². The van der Waals surface area contributed by atoms with Gasteiger partial charge in [-0.15, -0.1) is 6.58 Å². The Labute approximate surface area is 121 Å². The van der Waals surface area contributed by atoms with E-state index in [1.165, 1.54) is 0 Å². The minimum atomic E-state index is -0.219. The largest absolute Gasteiger partial charge is 0.494 e. The van der Waals surface area contributed by atoms with Gasteiger partial charge in [-0.3, -0.25) is 9.69 Å². The Bertz CT molecular complexity index is 431. The summed E-state index contributed by atoms with van der Waals surface area (Å²) in [4.78, 5) is 13.6. The summed E-state index contributed by atoms with van der Waals surface area (Å²) < 4.78 is 10.6. The van der Waals surface area contributed by atoms with E-state index in [1.54, 1.807) is 13.0 Å². The first-order valence-electron chi connectivity index (χ1n) is 6.90. The molecule has 4 nitrogen and oxygen atoms in total. The summed E-state index contributed by atoms with van der Waals surface area (Å²) >= 11 is 0. The highest BCUT2D eigenvalue weighted by Gasteiger charge is 2.13. The van der Waals surface area contributed by atoms with Crippen LogP contribution >= 0.6 is 0 Å². The number of carbonyl (C=O) groups is 1. The molecule has 20 heavy (non-hydrogen) atoms. The van der Waals surface area contributed by atoms with Gasteiger partial charge in [0.1, 0.15) is 5.75 Å². The summed E-state index contributed by atoms with van der Waals surface area (Å²) in [6.45, 7) is 10.0. The molecular weight excluding hydrogens is 254 g/mol. The molecule has 0 saturated carbocycles. The predicted octanol–water partition coefficient (Wildman–Crippen LogP) is 2.64. The van der Waals surface area contributed by atoms with Crippen molar-refractivity contribution in [3.8, 4) is 5.75 Å². The Kier molecular flexibility index (Phi) is 7.43. The van der Waals surface area contributed by atoms with Crippen molar-refractivity contribution in [3.63, 3.8) is 0 Å². The summed E-state index contributed by atoms with van der Waals surface area (Å²) in [6, 6.07) is 7.85. The molecule has 110 valence electrons. The molecule has 0 heterocycles. The van der Waals surface area contributed by atoms with Gasteiger partial charge in [-0.05, 0) is 19.9 Å². The Morgan fingerprint density at radius 1 is 1.30 bits per heavy atom. The third-order valence-corrected chi connectivity index (χ3v) is 2.71. The van der Waals surface area contributed by atoms with Gasteiger partial charge in [0.25, 0.3) is 0 Å². The van der Waals surface area contributed by atoms with Crippen molar-refractivity contribution in [2.75, 3.05) is 26.3 Å². The van der Waals surface area contributed by atoms with Crippen molar-refractivity contribution in [2.45, 2.75) is 20.4 Å². The van der Waals surface area contributed by atoms with Gasteiger partial charge in [0.2, 0.25) is 0 Å². The van der Waals surface area contributed by atoms with Crippen molar-refractivity contribution in [1.29, 1.82) is 0 Å². The molecule has 0 fully saturated rings. The van der Waals surface area contributed by atoms with E-state index in [2.05, 4.69) is 6.58 Å². The topological polar surface area (TPSA) is 38.8 Å². The number of carbonyl (C=O) groups excluding carboxylic acids is 1. The van der Waals surface area contributed by atoms with E-state index in [4.69, 9.17) is 9.47 Å². The monoisotopic (exact) mass is 277 g/mol. The van der Waals surface area contributed by atoms with Crippen molar-refractivity contribution in [3.05, 3.63) is 42.5 Å². The minimum absolute atomic E-state index is 0.219. The molecule has 0 saturated heterocycles. The zero-order valence-electron chi connectivity index (χ0n) is 12.3. The molecule has 0 aliphatic carbocycles. The average molecular weight is 277 g/mol. The molecule has 0 radical (unpaired) electrons. The summed E-state index contributed by atoms with van der Waals surface area (Å²) in [5, 5.41) is 0. The highest BCUT2D eigenvalue weighted by molar-refractivity contribution is 5.71. The Morgan fingerprint density at radius 3 is 2.70 bits per heavy atom. The van der Waals surface area contributed by atoms with Crippen molar-refractivity contribution in [1.82, 2.24) is 4.90 Å². The van der Waals surface area contributed by atoms with Gasteiger partial charge in [-0.25, -0.2) is 0 Å². The fourth-order valence-corrected chi connectivity index (χ4v) is 1.93. The number of rotatable bonds is 9. The zero-order chi connectivity index (χ0) is 14.8. The van der Waals surface area contributed by atoms with Gasteiger partial charge in [0.15, 0.2) is 0 Å². The summed E-state index contributed by atoms with van der Waals surface area (Å²) in [6.07, 6.45) is 1.78. The lowest BCUT2D eigenvalue weighted by molar-refractivity contribution is -0.144. The quantitative estimate of drug-likeness (QED) is 0.514. The minimum Gasteiger partial charge on any atom is -0.494 e. The van der Waals surface area contributed by atoms with Crippen LogP contribution in [-0.4, -0.2) is 37.2 Å². The van der Waals surface area contributed by atoms with Crippen LogP contribution in [0.5, 0.6) is 5.75 Å². The van der Waals surface area contributed by atoms with Gasteiger partial charge in [0, 0.05) is 18.7 Å². The lowest BCUT2D eigenvalue weighted by Gasteiger charge is -2.21. The highest BCUT2D eigenvalue weighted by Crippen LogP contribution is 2.19. The van der Waals surface area contributed by atoms with Crippen LogP contribution in [0.25, 0.3) is 0 Å². The lowest BCUT2D eigenvalue weighted by atomic mass is 10.2. The first-order valence-corrected chi connectivity index (χ1v) is 6.90. The smallest absolute Gasteiger partial charge is 0.320 e. The number of hydrogen-bond acceptors (Lipinski definition) is 4. The SMILES string of the molecule is C=CCN(CC(=O)OCC)Cc1ccccc1OCC. The number of para-hydroxylation sites is 1. The van der Waals surface area contributed by atoms with Crippen LogP contribution in [0, 0.1) is 0 Å². The molecule has 0 aromatic heterocycles. The van der Waals surface area contributed by atoms with Crippen molar-refractivity contribution >= 4 is 5.97 Å². The molecule has 0 N–H and O–H groups in total. The number of benzene rings is 1. The van der Waals surface area contributed by atoms with E-state index in [0.717, 1.165) is 11.3 Å².